The van der Waals surface area contributed by atoms with E-state index < -0.39 is 12.1 Å². The van der Waals surface area contributed by atoms with Gasteiger partial charge in [-0.15, -0.1) is 11.3 Å². The molecule has 1 aliphatic rings. The molecule has 1 aromatic carbocycles. The molecule has 1 heterocycles. The normalized spacial score (nSPS) is 15.6. The number of benzene rings is 1. The number of amides is 3. The van der Waals surface area contributed by atoms with E-state index in [1.165, 1.54) is 11.3 Å². The molecule has 1 aliphatic carbocycles. The van der Waals surface area contributed by atoms with E-state index in [0.29, 0.717) is 11.6 Å². The van der Waals surface area contributed by atoms with Gasteiger partial charge in [0, 0.05) is 24.4 Å². The van der Waals surface area contributed by atoms with Crippen molar-refractivity contribution in [1.82, 2.24) is 25.8 Å². The van der Waals surface area contributed by atoms with E-state index in [9.17, 15) is 14.4 Å². The molecule has 204 valence electrons. The summed E-state index contributed by atoms with van der Waals surface area (Å²) in [5.41, 5.74) is 0.805. The van der Waals surface area contributed by atoms with Gasteiger partial charge in [-0.1, -0.05) is 37.8 Å². The molecule has 10 heteroatoms. The summed E-state index contributed by atoms with van der Waals surface area (Å²) in [6, 6.07) is 4.05. The molecular formula is C27H40ClN5O3S. The number of nitrogens with one attached hydrogen (secondary N) is 3. The third-order valence-corrected chi connectivity index (χ3v) is 8.05. The average molecular weight is 550 g/mol. The summed E-state index contributed by atoms with van der Waals surface area (Å²) < 4.78 is 0.928. The van der Waals surface area contributed by atoms with Crippen LogP contribution < -0.4 is 16.0 Å². The van der Waals surface area contributed by atoms with Gasteiger partial charge in [-0.05, 0) is 70.4 Å². The Morgan fingerprint density at radius 3 is 2.57 bits per heavy atom. The fourth-order valence-electron chi connectivity index (χ4n) is 4.71. The largest absolute Gasteiger partial charge is 0.354 e. The van der Waals surface area contributed by atoms with E-state index in [1.807, 2.05) is 12.1 Å². The standard InChI is InChI=1S/C27H40ClN5O3S/c1-4-23(34)30-21(17-24-31-20-13-12-19(28)16-22(20)37-24)26(35)32-25(18-10-6-7-11-18)27(36)29-14-8-5-9-15-33(2)3/h12-13,16,18,21,25H,4-11,14-15,17H2,1-3H3,(H,29,36)(H,30,34)(H,32,35)/t21-,25-/m0/s1. The third-order valence-electron chi connectivity index (χ3n) is 6.78. The van der Waals surface area contributed by atoms with E-state index >= 15 is 0 Å². The van der Waals surface area contributed by atoms with E-state index in [2.05, 4.69) is 39.9 Å². The number of hydrogen-bond acceptors (Lipinski definition) is 6. The number of fused-ring (bicyclic) bond motifs is 1. The molecule has 0 unspecified atom stereocenters. The maximum atomic E-state index is 13.5. The summed E-state index contributed by atoms with van der Waals surface area (Å²) in [4.78, 5) is 45.7. The van der Waals surface area contributed by atoms with Gasteiger partial charge in [-0.25, -0.2) is 4.98 Å². The van der Waals surface area contributed by atoms with Gasteiger partial charge in [-0.2, -0.15) is 0 Å². The summed E-state index contributed by atoms with van der Waals surface area (Å²) >= 11 is 7.56. The van der Waals surface area contributed by atoms with E-state index in [-0.39, 0.29) is 36.5 Å². The molecule has 1 fully saturated rings. The van der Waals surface area contributed by atoms with Crippen LogP contribution >= 0.6 is 22.9 Å². The highest BCUT2D eigenvalue weighted by Gasteiger charge is 2.34. The van der Waals surface area contributed by atoms with Crippen LogP contribution in [0.3, 0.4) is 0 Å². The molecule has 0 saturated heterocycles. The summed E-state index contributed by atoms with van der Waals surface area (Å²) in [7, 11) is 4.11. The van der Waals surface area contributed by atoms with Gasteiger partial charge in [0.25, 0.3) is 0 Å². The fraction of sp³-hybridized carbons (Fsp3) is 0.630. The van der Waals surface area contributed by atoms with Gasteiger partial charge in [0.15, 0.2) is 0 Å². The molecule has 2 aromatic rings. The van der Waals surface area contributed by atoms with Gasteiger partial charge in [0.2, 0.25) is 17.7 Å². The van der Waals surface area contributed by atoms with Crippen LogP contribution in [-0.2, 0) is 20.8 Å². The van der Waals surface area contributed by atoms with Crippen LogP contribution in [0, 0.1) is 5.92 Å². The predicted molar refractivity (Wildman–Crippen MR) is 150 cm³/mol. The SMILES string of the molecule is CCC(=O)N[C@@H](Cc1nc2ccc(Cl)cc2s1)C(=O)N[C@H](C(=O)NCCCCCN(C)C)C1CCCC1. The smallest absolute Gasteiger partial charge is 0.243 e. The first-order valence-corrected chi connectivity index (χ1v) is 14.5. The molecule has 0 bridgehead atoms. The first-order valence-electron chi connectivity index (χ1n) is 13.3. The van der Waals surface area contributed by atoms with Crippen LogP contribution in [0.1, 0.15) is 63.3 Å². The third kappa shape index (κ3) is 9.23. The lowest BCUT2D eigenvalue weighted by Crippen LogP contribution is -2.56. The minimum atomic E-state index is -0.814. The predicted octanol–water partition coefficient (Wildman–Crippen LogP) is 3.91. The first kappa shape index (κ1) is 29.3. The van der Waals surface area contributed by atoms with Crippen molar-refractivity contribution in [3.8, 4) is 0 Å². The van der Waals surface area contributed by atoms with Crippen molar-refractivity contribution in [1.29, 1.82) is 0 Å². The summed E-state index contributed by atoms with van der Waals surface area (Å²) in [5, 5.41) is 10.2. The van der Waals surface area contributed by atoms with Crippen LogP contribution in [0.25, 0.3) is 10.2 Å². The molecule has 0 aliphatic heterocycles. The maximum Gasteiger partial charge on any atom is 0.243 e. The Morgan fingerprint density at radius 2 is 1.86 bits per heavy atom. The molecule has 3 rings (SSSR count). The lowest BCUT2D eigenvalue weighted by molar-refractivity contribution is -0.133. The topological polar surface area (TPSA) is 103 Å². The quantitative estimate of drug-likeness (QED) is 0.310. The van der Waals surface area contributed by atoms with Crippen molar-refractivity contribution in [2.45, 2.75) is 76.8 Å². The van der Waals surface area contributed by atoms with Crippen LogP contribution in [0.15, 0.2) is 18.2 Å². The van der Waals surface area contributed by atoms with Gasteiger partial charge in [0.1, 0.15) is 12.1 Å². The average Bonchev–Trinajstić information content (AvgIpc) is 3.53. The van der Waals surface area contributed by atoms with Gasteiger partial charge in [-0.3, -0.25) is 14.4 Å². The monoisotopic (exact) mass is 549 g/mol. The molecule has 0 spiro atoms. The van der Waals surface area contributed by atoms with Crippen LogP contribution in [0.5, 0.6) is 0 Å². The molecule has 3 N–H and O–H groups in total. The van der Waals surface area contributed by atoms with Gasteiger partial charge >= 0.3 is 0 Å². The Kier molecular flexibility index (Phi) is 11.6. The molecule has 3 amide bonds. The number of carbonyl (C=O) groups is 3. The molecule has 8 nitrogen and oxygen atoms in total. The molecule has 2 atom stereocenters. The Hall–Kier alpha value is -2.23. The highest BCUT2D eigenvalue weighted by Crippen LogP contribution is 2.29. The van der Waals surface area contributed by atoms with Crippen LogP contribution in [0.4, 0.5) is 0 Å². The Morgan fingerprint density at radius 1 is 1.11 bits per heavy atom. The summed E-state index contributed by atoms with van der Waals surface area (Å²) in [6.07, 6.45) is 7.47. The van der Waals surface area contributed by atoms with Crippen LogP contribution in [0.2, 0.25) is 5.02 Å². The number of thiazole rings is 1. The highest BCUT2D eigenvalue weighted by molar-refractivity contribution is 7.18. The number of aromatic nitrogens is 1. The maximum absolute atomic E-state index is 13.5. The van der Waals surface area contributed by atoms with E-state index in [4.69, 9.17) is 11.6 Å². The van der Waals surface area contributed by atoms with Crippen molar-refractivity contribution in [3.63, 3.8) is 0 Å². The summed E-state index contributed by atoms with van der Waals surface area (Å²) in [5.74, 6) is -0.603. The fourth-order valence-corrected chi connectivity index (χ4v) is 6.00. The van der Waals surface area contributed by atoms with Crippen LogP contribution in [-0.4, -0.2) is 66.9 Å². The van der Waals surface area contributed by atoms with Gasteiger partial charge < -0.3 is 20.9 Å². The summed E-state index contributed by atoms with van der Waals surface area (Å²) in [6.45, 7) is 3.37. The molecule has 0 radical (unpaired) electrons. The zero-order valence-electron chi connectivity index (χ0n) is 22.1. The number of unbranched alkanes of at least 4 members (excludes halogenated alkanes) is 2. The van der Waals surface area contributed by atoms with Crippen molar-refractivity contribution in [2.24, 2.45) is 5.92 Å². The second-order valence-corrected chi connectivity index (χ2v) is 11.6. The number of nitrogens with zero attached hydrogens (tertiary/aromatic N) is 2. The minimum Gasteiger partial charge on any atom is -0.354 e. The molecular weight excluding hydrogens is 510 g/mol. The number of carbonyl (C=O) groups excluding carboxylic acids is 3. The van der Waals surface area contributed by atoms with Gasteiger partial charge in [0.05, 0.1) is 15.2 Å². The first-order chi connectivity index (χ1) is 17.8. The highest BCUT2D eigenvalue weighted by atomic mass is 35.5. The second-order valence-electron chi connectivity index (χ2n) is 10.1. The van der Waals surface area contributed by atoms with Crippen molar-refractivity contribution < 1.29 is 14.4 Å². The minimum absolute atomic E-state index is 0.102. The lowest BCUT2D eigenvalue weighted by atomic mass is 9.96. The zero-order chi connectivity index (χ0) is 26.8. The lowest BCUT2D eigenvalue weighted by Gasteiger charge is -2.26. The van der Waals surface area contributed by atoms with E-state index in [0.717, 1.165) is 66.7 Å². The number of halogens is 1. The molecule has 1 aromatic heterocycles. The van der Waals surface area contributed by atoms with Crippen molar-refractivity contribution in [3.05, 3.63) is 28.2 Å². The Balaban J connectivity index is 1.66. The Labute approximate surface area is 228 Å². The van der Waals surface area contributed by atoms with Crippen molar-refractivity contribution >= 4 is 50.9 Å². The zero-order valence-corrected chi connectivity index (χ0v) is 23.7. The molecule has 37 heavy (non-hydrogen) atoms. The molecule has 1 saturated carbocycles. The van der Waals surface area contributed by atoms with Crippen molar-refractivity contribution in [2.75, 3.05) is 27.2 Å². The second kappa shape index (κ2) is 14.6. The number of rotatable bonds is 14. The number of hydrogen-bond donors (Lipinski definition) is 3. The Bertz CT molecular complexity index is 1050. The van der Waals surface area contributed by atoms with E-state index in [1.54, 1.807) is 13.0 Å².